The van der Waals surface area contributed by atoms with Gasteiger partial charge in [0.25, 0.3) is 0 Å². The molecule has 2 saturated carbocycles. The summed E-state index contributed by atoms with van der Waals surface area (Å²) in [6.07, 6.45) is 6.94. The lowest BCUT2D eigenvalue weighted by molar-refractivity contribution is 0.419. The molecule has 5 aromatic carbocycles. The summed E-state index contributed by atoms with van der Waals surface area (Å²) in [5.74, 6) is 0.955. The van der Waals surface area contributed by atoms with Crippen molar-refractivity contribution in [2.75, 3.05) is 4.90 Å². The van der Waals surface area contributed by atoms with Gasteiger partial charge in [0.15, 0.2) is 0 Å². The van der Waals surface area contributed by atoms with Gasteiger partial charge in [0, 0.05) is 37.2 Å². The number of nitrogens with zero attached hydrogens (tertiary/aromatic N) is 1. The van der Waals surface area contributed by atoms with E-state index in [1.54, 1.807) is 5.56 Å². The second-order valence-corrected chi connectivity index (χ2v) is 12.6. The Morgan fingerprint density at radius 2 is 1.18 bits per heavy atom. The SMILES string of the molecule is c1ccc(-c2ccc(N(c3ccc(C45CCC(CC4)C5)cc3)c3ccc4sc5ccccc5c4c3)cc2)cc1. The van der Waals surface area contributed by atoms with Crippen molar-refractivity contribution in [3.8, 4) is 11.1 Å². The summed E-state index contributed by atoms with van der Waals surface area (Å²) < 4.78 is 2.68. The van der Waals surface area contributed by atoms with Crippen molar-refractivity contribution < 1.29 is 0 Å². The molecule has 0 aliphatic heterocycles. The summed E-state index contributed by atoms with van der Waals surface area (Å²) in [5, 5.41) is 2.67. The minimum Gasteiger partial charge on any atom is -0.310 e. The lowest BCUT2D eigenvalue weighted by Gasteiger charge is -2.29. The van der Waals surface area contributed by atoms with Crippen LogP contribution in [0.2, 0.25) is 0 Å². The molecule has 2 fully saturated rings. The van der Waals surface area contributed by atoms with Crippen LogP contribution in [0, 0.1) is 5.92 Å². The zero-order valence-corrected chi connectivity index (χ0v) is 22.8. The van der Waals surface area contributed by atoms with E-state index in [0.717, 1.165) is 5.92 Å². The monoisotopic (exact) mass is 521 g/mol. The van der Waals surface area contributed by atoms with E-state index in [1.807, 2.05) is 11.3 Å². The third-order valence-corrected chi connectivity index (χ3v) is 10.5. The van der Waals surface area contributed by atoms with Crippen LogP contribution in [-0.4, -0.2) is 0 Å². The Kier molecular flexibility index (Phi) is 5.38. The van der Waals surface area contributed by atoms with Crippen molar-refractivity contribution in [2.45, 2.75) is 37.5 Å². The molecule has 1 heterocycles. The molecule has 2 bridgehead atoms. The fourth-order valence-electron chi connectivity index (χ4n) is 7.30. The third-order valence-electron chi connectivity index (χ3n) is 9.33. The molecule has 0 atom stereocenters. The van der Waals surface area contributed by atoms with Crippen LogP contribution in [0.25, 0.3) is 31.3 Å². The standard InChI is InChI=1S/C37H31NS/c1-2-6-27(7-3-1)28-10-14-30(15-11-28)38(31-16-12-29(13-17-31)37-22-20-26(25-37)21-23-37)32-18-19-36-34(24-32)33-8-4-5-9-35(33)39-36/h1-19,24,26H,20-23,25H2. The molecule has 6 aromatic rings. The quantitative estimate of drug-likeness (QED) is 0.218. The third kappa shape index (κ3) is 3.89. The Morgan fingerprint density at radius 1 is 0.564 bits per heavy atom. The normalized spacial score (nSPS) is 20.2. The summed E-state index contributed by atoms with van der Waals surface area (Å²) in [7, 11) is 0. The first-order valence-electron chi connectivity index (χ1n) is 14.2. The van der Waals surface area contributed by atoms with Crippen LogP contribution in [0.15, 0.2) is 121 Å². The average molecular weight is 522 g/mol. The van der Waals surface area contributed by atoms with Crippen molar-refractivity contribution in [1.29, 1.82) is 0 Å². The molecule has 0 amide bonds. The highest BCUT2D eigenvalue weighted by Crippen LogP contribution is 2.55. The van der Waals surface area contributed by atoms with Crippen LogP contribution in [0.1, 0.15) is 37.7 Å². The molecular weight excluding hydrogens is 490 g/mol. The van der Waals surface area contributed by atoms with Gasteiger partial charge < -0.3 is 4.90 Å². The van der Waals surface area contributed by atoms with Crippen LogP contribution in [0.5, 0.6) is 0 Å². The van der Waals surface area contributed by atoms with Gasteiger partial charge in [-0.25, -0.2) is 0 Å². The number of fused-ring (bicyclic) bond motifs is 5. The Bertz CT molecular complexity index is 1770. The summed E-state index contributed by atoms with van der Waals surface area (Å²) in [4.78, 5) is 2.42. The van der Waals surface area contributed by atoms with E-state index < -0.39 is 0 Å². The second kappa shape index (κ2) is 9.10. The molecule has 1 aromatic heterocycles. The zero-order valence-electron chi connectivity index (χ0n) is 22.0. The largest absolute Gasteiger partial charge is 0.310 e. The number of hydrogen-bond acceptors (Lipinski definition) is 2. The Hall–Kier alpha value is -3.88. The maximum atomic E-state index is 2.42. The lowest BCUT2D eigenvalue weighted by Crippen LogP contribution is -2.19. The number of hydrogen-bond donors (Lipinski definition) is 0. The second-order valence-electron chi connectivity index (χ2n) is 11.5. The van der Waals surface area contributed by atoms with Gasteiger partial charge in [-0.2, -0.15) is 0 Å². The molecule has 2 heteroatoms. The molecule has 2 aliphatic rings. The molecule has 0 spiro atoms. The maximum absolute atomic E-state index is 2.42. The predicted molar refractivity (Wildman–Crippen MR) is 168 cm³/mol. The van der Waals surface area contributed by atoms with Crippen LogP contribution in [0.4, 0.5) is 17.1 Å². The Morgan fingerprint density at radius 3 is 1.90 bits per heavy atom. The van der Waals surface area contributed by atoms with E-state index in [2.05, 4.69) is 126 Å². The van der Waals surface area contributed by atoms with Crippen LogP contribution < -0.4 is 4.90 Å². The smallest absolute Gasteiger partial charge is 0.0468 e. The molecule has 1 nitrogen and oxygen atoms in total. The van der Waals surface area contributed by atoms with E-state index in [9.17, 15) is 0 Å². The molecular formula is C37H31NS. The van der Waals surface area contributed by atoms with Gasteiger partial charge in [0.05, 0.1) is 0 Å². The van der Waals surface area contributed by atoms with Gasteiger partial charge in [0.2, 0.25) is 0 Å². The molecule has 0 unspecified atom stereocenters. The lowest BCUT2D eigenvalue weighted by atomic mass is 9.78. The minimum atomic E-state index is 0.430. The predicted octanol–water partition coefficient (Wildman–Crippen LogP) is 11.0. The fourth-order valence-corrected chi connectivity index (χ4v) is 8.38. The van der Waals surface area contributed by atoms with E-state index in [-0.39, 0.29) is 0 Å². The minimum absolute atomic E-state index is 0.430. The van der Waals surface area contributed by atoms with Gasteiger partial charge in [-0.3, -0.25) is 0 Å². The molecule has 190 valence electrons. The average Bonchev–Trinajstić information content (AvgIpc) is 3.72. The number of thiophene rings is 1. The topological polar surface area (TPSA) is 3.24 Å². The van der Waals surface area contributed by atoms with Gasteiger partial charge in [-0.05, 0) is 109 Å². The van der Waals surface area contributed by atoms with E-state index in [4.69, 9.17) is 0 Å². The first kappa shape index (κ1) is 23.0. The van der Waals surface area contributed by atoms with E-state index in [0.29, 0.717) is 5.41 Å². The van der Waals surface area contributed by atoms with Gasteiger partial charge in [-0.15, -0.1) is 11.3 Å². The number of anilines is 3. The van der Waals surface area contributed by atoms with Crippen molar-refractivity contribution in [2.24, 2.45) is 5.92 Å². The van der Waals surface area contributed by atoms with Gasteiger partial charge in [-0.1, -0.05) is 72.8 Å². The maximum Gasteiger partial charge on any atom is 0.0468 e. The van der Waals surface area contributed by atoms with Crippen LogP contribution in [-0.2, 0) is 5.41 Å². The molecule has 0 saturated heterocycles. The van der Waals surface area contributed by atoms with Crippen molar-refractivity contribution in [1.82, 2.24) is 0 Å². The first-order valence-corrected chi connectivity index (χ1v) is 15.0. The molecule has 2 aliphatic carbocycles. The van der Waals surface area contributed by atoms with E-state index in [1.165, 1.54) is 80.5 Å². The van der Waals surface area contributed by atoms with Gasteiger partial charge >= 0.3 is 0 Å². The van der Waals surface area contributed by atoms with Crippen molar-refractivity contribution in [3.63, 3.8) is 0 Å². The summed E-state index contributed by atoms with van der Waals surface area (Å²) in [6.45, 7) is 0. The van der Waals surface area contributed by atoms with Gasteiger partial charge in [0.1, 0.15) is 0 Å². The highest BCUT2D eigenvalue weighted by molar-refractivity contribution is 7.25. The summed E-state index contributed by atoms with van der Waals surface area (Å²) >= 11 is 1.88. The summed E-state index contributed by atoms with van der Waals surface area (Å²) in [6, 6.07) is 45.0. The fraction of sp³-hybridized carbons (Fsp3) is 0.189. The zero-order chi connectivity index (χ0) is 25.8. The number of benzene rings is 5. The Labute approximate surface area is 234 Å². The molecule has 8 rings (SSSR count). The highest BCUT2D eigenvalue weighted by Gasteiger charge is 2.45. The van der Waals surface area contributed by atoms with Crippen molar-refractivity contribution >= 4 is 48.6 Å². The molecule has 0 N–H and O–H groups in total. The molecule has 0 radical (unpaired) electrons. The molecule has 39 heavy (non-hydrogen) atoms. The highest BCUT2D eigenvalue weighted by atomic mass is 32.1. The summed E-state index contributed by atoms with van der Waals surface area (Å²) in [5.41, 5.74) is 8.06. The van der Waals surface area contributed by atoms with Crippen molar-refractivity contribution in [3.05, 3.63) is 127 Å². The van der Waals surface area contributed by atoms with Crippen LogP contribution in [0.3, 0.4) is 0 Å². The van der Waals surface area contributed by atoms with E-state index >= 15 is 0 Å². The Balaban J connectivity index is 1.24. The first-order chi connectivity index (χ1) is 19.3. The van der Waals surface area contributed by atoms with Crippen LogP contribution >= 0.6 is 11.3 Å². The number of rotatable bonds is 5.